The molecule has 3 heteroatoms. The zero-order chi connectivity index (χ0) is 14.5. The molecule has 1 aromatic rings. The second kappa shape index (κ2) is 6.89. The Labute approximate surface area is 122 Å². The van der Waals surface area contributed by atoms with Crippen molar-refractivity contribution in [2.75, 3.05) is 26.2 Å². The predicted octanol–water partition coefficient (Wildman–Crippen LogP) is 2.42. The molecule has 0 aliphatic carbocycles. The van der Waals surface area contributed by atoms with Crippen LogP contribution in [0, 0.1) is 5.92 Å². The van der Waals surface area contributed by atoms with Gasteiger partial charge >= 0.3 is 0 Å². The van der Waals surface area contributed by atoms with Crippen molar-refractivity contribution in [3.63, 3.8) is 0 Å². The minimum atomic E-state index is 0.114. The van der Waals surface area contributed by atoms with Gasteiger partial charge in [0.05, 0.1) is 0 Å². The standard InChI is InChI=1S/C17H26N2O/c1-14(2)17(20)19-11-9-18(10-12-19)15(3)13-16-7-5-4-6-8-16/h4-8,14-15H,9-13H2,1-3H3. The summed E-state index contributed by atoms with van der Waals surface area (Å²) in [5.74, 6) is 0.406. The molecule has 0 saturated carbocycles. The monoisotopic (exact) mass is 274 g/mol. The molecule has 20 heavy (non-hydrogen) atoms. The summed E-state index contributed by atoms with van der Waals surface area (Å²) in [4.78, 5) is 16.5. The first-order valence-corrected chi connectivity index (χ1v) is 7.64. The zero-order valence-corrected chi connectivity index (χ0v) is 12.9. The fourth-order valence-electron chi connectivity index (χ4n) is 2.83. The molecule has 1 fully saturated rings. The quantitative estimate of drug-likeness (QED) is 0.842. The van der Waals surface area contributed by atoms with Gasteiger partial charge in [-0.1, -0.05) is 44.2 Å². The van der Waals surface area contributed by atoms with Crippen LogP contribution in [-0.2, 0) is 11.2 Å². The molecule has 0 spiro atoms. The van der Waals surface area contributed by atoms with Crippen molar-refractivity contribution >= 4 is 5.91 Å². The first-order chi connectivity index (χ1) is 9.58. The third kappa shape index (κ3) is 3.83. The molecule has 1 aliphatic heterocycles. The van der Waals surface area contributed by atoms with Crippen LogP contribution in [0.25, 0.3) is 0 Å². The van der Waals surface area contributed by atoms with Gasteiger partial charge in [0.2, 0.25) is 5.91 Å². The molecule has 0 N–H and O–H groups in total. The number of rotatable bonds is 4. The largest absolute Gasteiger partial charge is 0.340 e. The molecule has 1 aromatic carbocycles. The van der Waals surface area contributed by atoms with E-state index in [1.165, 1.54) is 5.56 Å². The Morgan fingerprint density at radius 3 is 2.20 bits per heavy atom. The van der Waals surface area contributed by atoms with E-state index in [9.17, 15) is 4.79 Å². The maximum atomic E-state index is 12.0. The molecule has 0 radical (unpaired) electrons. The second-order valence-electron chi connectivity index (χ2n) is 6.05. The van der Waals surface area contributed by atoms with Crippen LogP contribution >= 0.6 is 0 Å². The maximum Gasteiger partial charge on any atom is 0.225 e. The lowest BCUT2D eigenvalue weighted by atomic mass is 10.1. The molecule has 1 saturated heterocycles. The van der Waals surface area contributed by atoms with Crippen LogP contribution in [0.1, 0.15) is 26.3 Å². The highest BCUT2D eigenvalue weighted by Gasteiger charge is 2.25. The molecule has 3 nitrogen and oxygen atoms in total. The Morgan fingerprint density at radius 2 is 1.65 bits per heavy atom. The van der Waals surface area contributed by atoms with Crippen LogP contribution in [0.2, 0.25) is 0 Å². The molecule has 2 rings (SSSR count). The predicted molar refractivity (Wildman–Crippen MR) is 82.6 cm³/mol. The number of carbonyl (C=O) groups is 1. The van der Waals surface area contributed by atoms with Gasteiger partial charge in [-0.15, -0.1) is 0 Å². The van der Waals surface area contributed by atoms with E-state index in [1.807, 2.05) is 18.7 Å². The molecule has 1 amide bonds. The first kappa shape index (κ1) is 15.0. The average Bonchev–Trinajstić information content (AvgIpc) is 2.47. The van der Waals surface area contributed by atoms with Gasteiger partial charge in [0.15, 0.2) is 0 Å². The van der Waals surface area contributed by atoms with E-state index in [0.29, 0.717) is 11.9 Å². The summed E-state index contributed by atoms with van der Waals surface area (Å²) in [5, 5.41) is 0. The highest BCUT2D eigenvalue weighted by molar-refractivity contribution is 5.78. The number of nitrogens with zero attached hydrogens (tertiary/aromatic N) is 2. The van der Waals surface area contributed by atoms with E-state index in [-0.39, 0.29) is 5.92 Å². The van der Waals surface area contributed by atoms with Crippen LogP contribution in [0.4, 0.5) is 0 Å². The van der Waals surface area contributed by atoms with Crippen molar-refractivity contribution in [3.05, 3.63) is 35.9 Å². The summed E-state index contributed by atoms with van der Waals surface area (Å²) in [6.45, 7) is 9.97. The van der Waals surface area contributed by atoms with E-state index in [4.69, 9.17) is 0 Å². The van der Waals surface area contributed by atoms with Crippen LogP contribution in [0.3, 0.4) is 0 Å². The van der Waals surface area contributed by atoms with Crippen molar-refractivity contribution in [3.8, 4) is 0 Å². The minimum Gasteiger partial charge on any atom is -0.340 e. The third-order valence-corrected chi connectivity index (χ3v) is 4.12. The van der Waals surface area contributed by atoms with Crippen molar-refractivity contribution in [1.29, 1.82) is 0 Å². The normalized spacial score (nSPS) is 18.3. The number of amides is 1. The number of piperazine rings is 1. The molecule has 1 aliphatic rings. The van der Waals surface area contributed by atoms with E-state index >= 15 is 0 Å². The highest BCUT2D eigenvalue weighted by Crippen LogP contribution is 2.13. The molecular weight excluding hydrogens is 248 g/mol. The third-order valence-electron chi connectivity index (χ3n) is 4.12. The maximum absolute atomic E-state index is 12.0. The van der Waals surface area contributed by atoms with E-state index in [2.05, 4.69) is 42.2 Å². The smallest absolute Gasteiger partial charge is 0.225 e. The van der Waals surface area contributed by atoms with E-state index in [1.54, 1.807) is 0 Å². The lowest BCUT2D eigenvalue weighted by Gasteiger charge is -2.38. The van der Waals surface area contributed by atoms with Gasteiger partial charge in [0, 0.05) is 38.1 Å². The molecule has 0 aromatic heterocycles. The molecule has 110 valence electrons. The van der Waals surface area contributed by atoms with Gasteiger partial charge in [0.25, 0.3) is 0 Å². The summed E-state index contributed by atoms with van der Waals surface area (Å²) < 4.78 is 0. The van der Waals surface area contributed by atoms with Crippen molar-refractivity contribution < 1.29 is 4.79 Å². The Balaban J connectivity index is 1.83. The van der Waals surface area contributed by atoms with Crippen LogP contribution in [0.5, 0.6) is 0 Å². The summed E-state index contributed by atoms with van der Waals surface area (Å²) in [7, 11) is 0. The Hall–Kier alpha value is -1.35. The van der Waals surface area contributed by atoms with E-state index in [0.717, 1.165) is 32.6 Å². The molecular formula is C17H26N2O. The number of benzene rings is 1. The topological polar surface area (TPSA) is 23.6 Å². The van der Waals surface area contributed by atoms with Crippen LogP contribution in [0.15, 0.2) is 30.3 Å². The van der Waals surface area contributed by atoms with Gasteiger partial charge in [-0.2, -0.15) is 0 Å². The van der Waals surface area contributed by atoms with Gasteiger partial charge in [-0.25, -0.2) is 0 Å². The lowest BCUT2D eigenvalue weighted by molar-refractivity contribution is -0.136. The highest BCUT2D eigenvalue weighted by atomic mass is 16.2. The van der Waals surface area contributed by atoms with Gasteiger partial charge in [-0.3, -0.25) is 9.69 Å². The summed E-state index contributed by atoms with van der Waals surface area (Å²) >= 11 is 0. The molecule has 1 atom stereocenters. The molecule has 1 unspecified atom stereocenters. The average molecular weight is 274 g/mol. The molecule has 1 heterocycles. The Kier molecular flexibility index (Phi) is 5.18. The Morgan fingerprint density at radius 1 is 1.05 bits per heavy atom. The lowest BCUT2D eigenvalue weighted by Crippen LogP contribution is -2.52. The van der Waals surface area contributed by atoms with Gasteiger partial charge in [-0.05, 0) is 18.9 Å². The Bertz CT molecular complexity index is 422. The minimum absolute atomic E-state index is 0.114. The fraction of sp³-hybridized carbons (Fsp3) is 0.588. The van der Waals surface area contributed by atoms with Crippen LogP contribution in [-0.4, -0.2) is 47.9 Å². The van der Waals surface area contributed by atoms with Gasteiger partial charge in [0.1, 0.15) is 0 Å². The molecule has 0 bridgehead atoms. The van der Waals surface area contributed by atoms with Crippen molar-refractivity contribution in [2.45, 2.75) is 33.2 Å². The fourth-order valence-corrected chi connectivity index (χ4v) is 2.83. The van der Waals surface area contributed by atoms with Crippen molar-refractivity contribution in [2.24, 2.45) is 5.92 Å². The summed E-state index contributed by atoms with van der Waals surface area (Å²) in [6, 6.07) is 11.2. The number of carbonyl (C=O) groups excluding carboxylic acids is 1. The number of hydrogen-bond acceptors (Lipinski definition) is 2. The zero-order valence-electron chi connectivity index (χ0n) is 12.9. The second-order valence-corrected chi connectivity index (χ2v) is 6.05. The SMILES string of the molecule is CC(C)C(=O)N1CCN(C(C)Cc2ccccc2)CC1. The van der Waals surface area contributed by atoms with Crippen LogP contribution < -0.4 is 0 Å². The van der Waals surface area contributed by atoms with Crippen molar-refractivity contribution in [1.82, 2.24) is 9.80 Å². The van der Waals surface area contributed by atoms with Gasteiger partial charge < -0.3 is 4.90 Å². The summed E-state index contributed by atoms with van der Waals surface area (Å²) in [5.41, 5.74) is 1.39. The van der Waals surface area contributed by atoms with E-state index < -0.39 is 0 Å². The number of hydrogen-bond donors (Lipinski definition) is 0. The first-order valence-electron chi connectivity index (χ1n) is 7.64. The summed E-state index contributed by atoms with van der Waals surface area (Å²) in [6.07, 6.45) is 1.08.